The van der Waals surface area contributed by atoms with Crippen LogP contribution in [0.15, 0.2) is 75.7 Å². The number of benzene rings is 1. The van der Waals surface area contributed by atoms with Gasteiger partial charge in [-0.25, -0.2) is 24.4 Å². The Morgan fingerprint density at radius 2 is 1.76 bits per heavy atom. The minimum Gasteiger partial charge on any atom is -0.403 e. The number of hydrogen-bond acceptors (Lipinski definition) is 9. The van der Waals surface area contributed by atoms with Gasteiger partial charge in [-0.15, -0.1) is 13.2 Å². The number of halogens is 4. The van der Waals surface area contributed by atoms with Gasteiger partial charge < -0.3 is 15.4 Å². The van der Waals surface area contributed by atoms with Crippen LogP contribution in [0.4, 0.5) is 17.6 Å². The van der Waals surface area contributed by atoms with Gasteiger partial charge in [-0.3, -0.25) is 9.59 Å². The third kappa shape index (κ3) is 6.18. The van der Waals surface area contributed by atoms with Crippen LogP contribution in [-0.4, -0.2) is 58.3 Å². The van der Waals surface area contributed by atoms with Crippen molar-refractivity contribution < 1.29 is 31.9 Å². The van der Waals surface area contributed by atoms with Crippen molar-refractivity contribution in [3.05, 3.63) is 88.1 Å². The molecule has 0 unspecified atom stereocenters. The molecule has 2 aromatic rings. The monoisotopic (exact) mass is 572 g/mol. The molecule has 1 aromatic carbocycles. The molecule has 41 heavy (non-hydrogen) atoms. The molecule has 1 aromatic heterocycles. The fraction of sp³-hybridized carbons (Fsp3) is 0.308. The largest absolute Gasteiger partial charge is 0.573 e. The quantitative estimate of drug-likeness (QED) is 0.502. The summed E-state index contributed by atoms with van der Waals surface area (Å²) in [5, 5.41) is 16.9. The summed E-state index contributed by atoms with van der Waals surface area (Å²) < 4.78 is 54.7. The standard InChI is InChI=1S/C26H24F4N8O3/c1-37-25(38(2)36-35-37)16-4-6-17-15(10-16)5-8-19(17)34-24(40)21-11-20(32-13-33-21)23(39)31-12-14-3-7-18(27)22(9-14)41-26(28,29)30/h3-4,6-7,9,11,13,19H,5,8,10,12H2,1-2H3,(H,31,39)(H,34,40)/t19-/m0/s1. The third-order valence-corrected chi connectivity index (χ3v) is 6.71. The Labute approximate surface area is 231 Å². The lowest BCUT2D eigenvalue weighted by atomic mass is 9.94. The SMILES string of the molecule is CN1N=NN(C)C1=C1C=CC2=C(CC[C@@H]2NC(=O)c2cc(C(=O)NCc3ccc(F)c(OC(F)(F)F)c3)ncn2)C1. The predicted molar refractivity (Wildman–Crippen MR) is 135 cm³/mol. The molecule has 0 saturated carbocycles. The van der Waals surface area contributed by atoms with Crippen molar-refractivity contribution in [3.8, 4) is 5.75 Å². The summed E-state index contributed by atoms with van der Waals surface area (Å²) in [5.41, 5.74) is 3.32. The van der Waals surface area contributed by atoms with Crippen LogP contribution in [0.2, 0.25) is 0 Å². The minimum atomic E-state index is -5.07. The summed E-state index contributed by atoms with van der Waals surface area (Å²) >= 11 is 0. The lowest BCUT2D eigenvalue weighted by Gasteiger charge is -2.21. The van der Waals surface area contributed by atoms with Gasteiger partial charge in [0.05, 0.1) is 6.04 Å². The second-order valence-electron chi connectivity index (χ2n) is 9.49. The fourth-order valence-corrected chi connectivity index (χ4v) is 4.87. The van der Waals surface area contributed by atoms with E-state index >= 15 is 0 Å². The average Bonchev–Trinajstić information content (AvgIpc) is 3.49. The van der Waals surface area contributed by atoms with Crippen LogP contribution in [0.25, 0.3) is 0 Å². The molecule has 2 heterocycles. The molecule has 214 valence electrons. The van der Waals surface area contributed by atoms with Gasteiger partial charge in [0.25, 0.3) is 11.8 Å². The molecular formula is C26H24F4N8O3. The third-order valence-electron chi connectivity index (χ3n) is 6.71. The van der Waals surface area contributed by atoms with Gasteiger partial charge in [0.2, 0.25) is 0 Å². The fourth-order valence-electron chi connectivity index (χ4n) is 4.87. The van der Waals surface area contributed by atoms with E-state index in [4.69, 9.17) is 0 Å². The normalized spacial score (nSPS) is 18.2. The maximum absolute atomic E-state index is 13.6. The zero-order valence-corrected chi connectivity index (χ0v) is 21.9. The Balaban J connectivity index is 1.21. The van der Waals surface area contributed by atoms with Gasteiger partial charge in [0.15, 0.2) is 17.4 Å². The van der Waals surface area contributed by atoms with E-state index in [-0.39, 0.29) is 29.5 Å². The van der Waals surface area contributed by atoms with Gasteiger partial charge in [-0.1, -0.05) is 23.8 Å². The molecule has 2 amide bonds. The number of nitrogens with one attached hydrogen (secondary N) is 2. The van der Waals surface area contributed by atoms with Crippen molar-refractivity contribution in [1.29, 1.82) is 0 Å². The highest BCUT2D eigenvalue weighted by molar-refractivity contribution is 5.97. The van der Waals surface area contributed by atoms with Gasteiger partial charge in [0, 0.05) is 32.3 Å². The molecule has 2 N–H and O–H groups in total. The van der Waals surface area contributed by atoms with Crippen LogP contribution >= 0.6 is 0 Å². The van der Waals surface area contributed by atoms with Crippen molar-refractivity contribution in [2.24, 2.45) is 10.4 Å². The highest BCUT2D eigenvalue weighted by atomic mass is 19.4. The second kappa shape index (κ2) is 11.0. The van der Waals surface area contributed by atoms with Crippen molar-refractivity contribution in [2.75, 3.05) is 14.1 Å². The summed E-state index contributed by atoms with van der Waals surface area (Å²) in [7, 11) is 3.65. The van der Waals surface area contributed by atoms with E-state index in [0.717, 1.165) is 41.8 Å². The highest BCUT2D eigenvalue weighted by Crippen LogP contribution is 2.38. The molecule has 1 atom stereocenters. The minimum absolute atomic E-state index is 0.0260. The van der Waals surface area contributed by atoms with E-state index in [1.165, 1.54) is 17.7 Å². The Morgan fingerprint density at radius 3 is 2.46 bits per heavy atom. The molecule has 11 nitrogen and oxygen atoms in total. The zero-order chi connectivity index (χ0) is 29.3. The van der Waals surface area contributed by atoms with E-state index < -0.39 is 29.7 Å². The first-order valence-electron chi connectivity index (χ1n) is 12.5. The Kier molecular flexibility index (Phi) is 7.43. The molecule has 0 spiro atoms. The van der Waals surface area contributed by atoms with E-state index in [9.17, 15) is 27.2 Å². The number of nitrogens with zero attached hydrogens (tertiary/aromatic N) is 6. The first-order valence-corrected chi connectivity index (χ1v) is 12.5. The lowest BCUT2D eigenvalue weighted by Crippen LogP contribution is -2.35. The number of amides is 2. The Hall–Kier alpha value is -4.82. The van der Waals surface area contributed by atoms with Crippen molar-refractivity contribution in [1.82, 2.24) is 30.6 Å². The van der Waals surface area contributed by atoms with E-state index in [1.807, 2.05) is 26.2 Å². The van der Waals surface area contributed by atoms with E-state index in [2.05, 4.69) is 35.8 Å². The Bertz CT molecular complexity index is 1500. The molecule has 0 saturated heterocycles. The van der Waals surface area contributed by atoms with Crippen LogP contribution in [0.3, 0.4) is 0 Å². The Morgan fingerprint density at radius 1 is 1.05 bits per heavy atom. The van der Waals surface area contributed by atoms with Crippen LogP contribution in [0, 0.1) is 5.82 Å². The summed E-state index contributed by atoms with van der Waals surface area (Å²) in [6.45, 7) is -0.240. The molecule has 0 bridgehead atoms. The number of carbonyl (C=O) groups excluding carboxylic acids is 2. The summed E-state index contributed by atoms with van der Waals surface area (Å²) in [5.74, 6) is -2.51. The predicted octanol–water partition coefficient (Wildman–Crippen LogP) is 3.96. The van der Waals surface area contributed by atoms with Gasteiger partial charge in [-0.05, 0) is 53.0 Å². The maximum Gasteiger partial charge on any atom is 0.573 e. The van der Waals surface area contributed by atoms with E-state index in [0.29, 0.717) is 12.8 Å². The first kappa shape index (κ1) is 27.7. The maximum atomic E-state index is 13.6. The van der Waals surface area contributed by atoms with Crippen LogP contribution in [0.1, 0.15) is 45.8 Å². The van der Waals surface area contributed by atoms with Crippen LogP contribution < -0.4 is 15.4 Å². The number of alkyl halides is 3. The lowest BCUT2D eigenvalue weighted by molar-refractivity contribution is -0.275. The molecule has 3 aliphatic rings. The van der Waals surface area contributed by atoms with Crippen molar-refractivity contribution >= 4 is 11.8 Å². The number of rotatable bonds is 6. The van der Waals surface area contributed by atoms with Crippen LogP contribution in [0.5, 0.6) is 5.75 Å². The molecular weight excluding hydrogens is 548 g/mol. The molecule has 0 radical (unpaired) electrons. The van der Waals surface area contributed by atoms with Crippen LogP contribution in [-0.2, 0) is 6.54 Å². The molecule has 1 aliphatic heterocycles. The number of aromatic nitrogens is 2. The van der Waals surface area contributed by atoms with Crippen molar-refractivity contribution in [3.63, 3.8) is 0 Å². The smallest absolute Gasteiger partial charge is 0.403 e. The van der Waals surface area contributed by atoms with Gasteiger partial charge in [-0.2, -0.15) is 0 Å². The number of allylic oxidation sites excluding steroid dienone is 3. The van der Waals surface area contributed by atoms with Gasteiger partial charge >= 0.3 is 6.36 Å². The summed E-state index contributed by atoms with van der Waals surface area (Å²) in [6, 6.07) is 3.83. The molecule has 15 heteroatoms. The number of hydrogen-bond donors (Lipinski definition) is 2. The van der Waals surface area contributed by atoms with E-state index in [1.54, 1.807) is 10.0 Å². The molecule has 0 fully saturated rings. The van der Waals surface area contributed by atoms with Crippen molar-refractivity contribution in [2.45, 2.75) is 38.2 Å². The summed E-state index contributed by atoms with van der Waals surface area (Å²) in [6.07, 6.45) is 2.21. The second-order valence-corrected chi connectivity index (χ2v) is 9.49. The molecule has 5 rings (SSSR count). The number of ether oxygens (including phenoxy) is 1. The first-order chi connectivity index (χ1) is 19.5. The average molecular weight is 573 g/mol. The zero-order valence-electron chi connectivity index (χ0n) is 21.9. The topological polar surface area (TPSA) is 124 Å². The highest BCUT2D eigenvalue weighted by Gasteiger charge is 2.33. The summed E-state index contributed by atoms with van der Waals surface area (Å²) in [4.78, 5) is 33.5. The van der Waals surface area contributed by atoms with Gasteiger partial charge in [0.1, 0.15) is 17.7 Å². The number of carbonyl (C=O) groups is 2. The molecule has 2 aliphatic carbocycles.